The Hall–Kier alpha value is -0.680. The summed E-state index contributed by atoms with van der Waals surface area (Å²) in [6, 6.07) is 3.99. The van der Waals surface area contributed by atoms with Crippen LogP contribution in [-0.4, -0.2) is 37.2 Å². The molecule has 0 amide bonds. The van der Waals surface area contributed by atoms with E-state index >= 15 is 0 Å². The molecule has 0 aromatic rings. The van der Waals surface area contributed by atoms with Crippen LogP contribution in [0.2, 0.25) is 0 Å². The highest BCUT2D eigenvalue weighted by Gasteiger charge is 2.12. The number of nitrogens with zero attached hydrogens (tertiary/aromatic N) is 2. The molecule has 0 aliphatic carbocycles. The van der Waals surface area contributed by atoms with Gasteiger partial charge in [-0.2, -0.15) is 18.9 Å². The summed E-state index contributed by atoms with van der Waals surface area (Å²) in [5, 5.41) is 16.8. The predicted octanol–water partition coefficient (Wildman–Crippen LogP) is 1.18. The monoisotopic (exact) mass is 248 g/mol. The van der Waals surface area contributed by atoms with Crippen LogP contribution in [0.4, 0.5) is 0 Å². The first kappa shape index (κ1) is 14.3. The van der Waals surface area contributed by atoms with E-state index in [2.05, 4.69) is 0 Å². The molecule has 0 heterocycles. The van der Waals surface area contributed by atoms with E-state index in [9.17, 15) is 8.42 Å². The van der Waals surface area contributed by atoms with E-state index in [1.807, 2.05) is 12.1 Å². The van der Waals surface area contributed by atoms with E-state index in [0.717, 1.165) is 0 Å². The minimum absolute atomic E-state index is 0.268. The lowest BCUT2D eigenvalue weighted by Gasteiger charge is -2.13. The van der Waals surface area contributed by atoms with Gasteiger partial charge in [0.15, 0.2) is 0 Å². The average Bonchev–Trinajstić information content (AvgIpc) is 2.15. The smallest absolute Gasteiger partial charge is 0.265 e. The first-order chi connectivity index (χ1) is 6.99. The Morgan fingerprint density at radius 1 is 1.07 bits per heavy atom. The summed E-state index contributed by atoms with van der Waals surface area (Å²) in [4.78, 5) is 0. The molecule has 0 aliphatic heterocycles. The van der Waals surface area contributed by atoms with Crippen LogP contribution < -0.4 is 0 Å². The SMILES string of the molecule is N#CCCP(CCC#N)CCS(=O)(=O)O. The molecule has 0 aromatic carbocycles. The summed E-state index contributed by atoms with van der Waals surface area (Å²) in [5.41, 5.74) is 0. The normalized spacial score (nSPS) is 10.9. The predicted molar refractivity (Wildman–Crippen MR) is 58.4 cm³/mol. The Morgan fingerprint density at radius 3 is 1.87 bits per heavy atom. The van der Waals surface area contributed by atoms with Crippen LogP contribution in [0.1, 0.15) is 12.8 Å². The fourth-order valence-electron chi connectivity index (χ4n) is 0.996. The van der Waals surface area contributed by atoms with Crippen molar-refractivity contribution in [3.05, 3.63) is 0 Å². The third kappa shape index (κ3) is 9.62. The minimum Gasteiger partial charge on any atom is -0.286 e. The first-order valence-electron chi connectivity index (χ1n) is 4.41. The summed E-state index contributed by atoms with van der Waals surface area (Å²) < 4.78 is 29.6. The second-order valence-electron chi connectivity index (χ2n) is 2.94. The Bertz CT molecular complexity index is 337. The zero-order valence-electron chi connectivity index (χ0n) is 8.26. The summed E-state index contributed by atoms with van der Waals surface area (Å²) in [7, 11) is -4.54. The highest BCUT2D eigenvalue weighted by molar-refractivity contribution is 7.86. The van der Waals surface area contributed by atoms with Crippen LogP contribution in [0.25, 0.3) is 0 Å². The van der Waals surface area contributed by atoms with Crippen LogP contribution in [0, 0.1) is 22.7 Å². The standard InChI is InChI=1S/C8H13N2O3PS/c9-3-1-5-14(6-2-4-10)7-8-15(11,12)13/h1-2,5-8H2,(H,11,12,13). The van der Waals surface area contributed by atoms with Gasteiger partial charge in [0.1, 0.15) is 0 Å². The highest BCUT2D eigenvalue weighted by Crippen LogP contribution is 2.36. The molecule has 0 rings (SSSR count). The first-order valence-corrected chi connectivity index (χ1v) is 7.91. The van der Waals surface area contributed by atoms with Crippen molar-refractivity contribution in [3.63, 3.8) is 0 Å². The van der Waals surface area contributed by atoms with Gasteiger partial charge in [-0.3, -0.25) is 4.55 Å². The average molecular weight is 248 g/mol. The molecular weight excluding hydrogens is 235 g/mol. The molecule has 0 spiro atoms. The summed E-state index contributed by atoms with van der Waals surface area (Å²) in [6.45, 7) is 0. The van der Waals surface area contributed by atoms with Gasteiger partial charge < -0.3 is 0 Å². The molecule has 0 unspecified atom stereocenters. The van der Waals surface area contributed by atoms with E-state index in [-0.39, 0.29) is 5.75 Å². The third-order valence-corrected chi connectivity index (χ3v) is 5.34. The molecule has 84 valence electrons. The molecule has 15 heavy (non-hydrogen) atoms. The number of hydrogen-bond donors (Lipinski definition) is 1. The van der Waals surface area contributed by atoms with Crippen LogP contribution >= 0.6 is 7.92 Å². The van der Waals surface area contributed by atoms with E-state index in [4.69, 9.17) is 15.1 Å². The van der Waals surface area contributed by atoms with Gasteiger partial charge >= 0.3 is 0 Å². The Morgan fingerprint density at radius 2 is 1.53 bits per heavy atom. The van der Waals surface area contributed by atoms with Crippen molar-refractivity contribution in [2.24, 2.45) is 0 Å². The summed E-state index contributed by atoms with van der Waals surface area (Å²) >= 11 is 0. The number of rotatable bonds is 7. The maximum Gasteiger partial charge on any atom is 0.265 e. The van der Waals surface area contributed by atoms with Gasteiger partial charge in [0.05, 0.1) is 17.9 Å². The van der Waals surface area contributed by atoms with Crippen molar-refractivity contribution in [1.82, 2.24) is 0 Å². The van der Waals surface area contributed by atoms with E-state index in [1.165, 1.54) is 0 Å². The molecule has 0 saturated heterocycles. The Labute approximate surface area is 91.2 Å². The second-order valence-corrected chi connectivity index (χ2v) is 7.20. The molecule has 7 heteroatoms. The van der Waals surface area contributed by atoms with Gasteiger partial charge in [0.2, 0.25) is 0 Å². The van der Waals surface area contributed by atoms with E-state index < -0.39 is 18.0 Å². The van der Waals surface area contributed by atoms with Gasteiger partial charge in [0, 0.05) is 12.8 Å². The molecule has 0 bridgehead atoms. The topological polar surface area (TPSA) is 102 Å². The fourth-order valence-corrected chi connectivity index (χ4v) is 4.46. The van der Waals surface area contributed by atoms with Crippen LogP contribution in [0.15, 0.2) is 0 Å². The molecule has 0 radical (unpaired) electrons. The van der Waals surface area contributed by atoms with Gasteiger partial charge in [-0.1, -0.05) is 0 Å². The zero-order valence-corrected chi connectivity index (χ0v) is 9.97. The lowest BCUT2D eigenvalue weighted by atomic mass is 10.5. The van der Waals surface area contributed by atoms with Gasteiger partial charge in [-0.05, 0) is 18.5 Å². The molecule has 0 saturated carbocycles. The van der Waals surface area contributed by atoms with Crippen molar-refractivity contribution in [2.75, 3.05) is 24.2 Å². The van der Waals surface area contributed by atoms with Crippen molar-refractivity contribution in [3.8, 4) is 12.1 Å². The fraction of sp³-hybridized carbons (Fsp3) is 0.750. The number of hydrogen-bond acceptors (Lipinski definition) is 4. The molecule has 0 aliphatic rings. The molecule has 0 atom stereocenters. The summed E-state index contributed by atoms with van der Waals surface area (Å²) in [6.07, 6.45) is 2.41. The quantitative estimate of drug-likeness (QED) is 0.538. The van der Waals surface area contributed by atoms with Gasteiger partial charge in [-0.25, -0.2) is 0 Å². The Kier molecular flexibility index (Phi) is 7.25. The number of nitriles is 2. The minimum atomic E-state index is -3.92. The lowest BCUT2D eigenvalue weighted by molar-refractivity contribution is 0.485. The van der Waals surface area contributed by atoms with Crippen LogP contribution in [0.5, 0.6) is 0 Å². The van der Waals surface area contributed by atoms with Crippen molar-refractivity contribution in [1.29, 1.82) is 10.5 Å². The van der Waals surface area contributed by atoms with Crippen molar-refractivity contribution in [2.45, 2.75) is 12.8 Å². The maximum atomic E-state index is 10.5. The van der Waals surface area contributed by atoms with Crippen molar-refractivity contribution < 1.29 is 13.0 Å². The highest BCUT2D eigenvalue weighted by atomic mass is 32.2. The molecule has 1 N–H and O–H groups in total. The summed E-state index contributed by atoms with van der Waals surface area (Å²) in [5.74, 6) is -0.268. The zero-order chi connectivity index (χ0) is 11.7. The molecule has 5 nitrogen and oxygen atoms in total. The lowest BCUT2D eigenvalue weighted by Crippen LogP contribution is -2.09. The van der Waals surface area contributed by atoms with E-state index in [1.54, 1.807) is 0 Å². The maximum absolute atomic E-state index is 10.5. The van der Waals surface area contributed by atoms with E-state index in [0.29, 0.717) is 31.3 Å². The van der Waals surface area contributed by atoms with Crippen LogP contribution in [0.3, 0.4) is 0 Å². The second kappa shape index (κ2) is 7.59. The molecule has 0 fully saturated rings. The Balaban J connectivity index is 4.02. The van der Waals surface area contributed by atoms with Gasteiger partial charge in [-0.15, -0.1) is 7.92 Å². The van der Waals surface area contributed by atoms with Crippen molar-refractivity contribution >= 4 is 18.0 Å². The largest absolute Gasteiger partial charge is 0.286 e. The molecular formula is C8H13N2O3PS. The van der Waals surface area contributed by atoms with Gasteiger partial charge in [0.25, 0.3) is 10.1 Å². The van der Waals surface area contributed by atoms with Crippen LogP contribution in [-0.2, 0) is 10.1 Å². The third-order valence-electron chi connectivity index (χ3n) is 1.75. The molecule has 0 aromatic heterocycles.